The van der Waals surface area contributed by atoms with Gasteiger partial charge in [0.1, 0.15) is 5.01 Å². The minimum atomic E-state index is -0.256. The Hall–Kier alpha value is -2.58. The molecule has 0 bridgehead atoms. The number of hydrogen-bond acceptors (Lipinski definition) is 6. The topological polar surface area (TPSA) is 96.0 Å². The van der Waals surface area contributed by atoms with Gasteiger partial charge in [0.15, 0.2) is 0 Å². The van der Waals surface area contributed by atoms with Gasteiger partial charge < -0.3 is 10.6 Å². The highest BCUT2D eigenvalue weighted by atomic mass is 32.1. The van der Waals surface area contributed by atoms with Crippen LogP contribution in [-0.2, 0) is 16.0 Å². The number of carbonyl (C=O) groups is 2. The molecule has 2 heterocycles. The second-order valence-electron chi connectivity index (χ2n) is 8.21. The van der Waals surface area contributed by atoms with Gasteiger partial charge in [-0.25, -0.2) is 0 Å². The lowest BCUT2D eigenvalue weighted by Gasteiger charge is -2.25. The summed E-state index contributed by atoms with van der Waals surface area (Å²) in [4.78, 5) is 25.1. The van der Waals surface area contributed by atoms with Gasteiger partial charge in [-0.2, -0.15) is 0 Å². The molecule has 8 heteroatoms. The highest BCUT2D eigenvalue weighted by Gasteiger charge is 2.27. The maximum atomic E-state index is 12.7. The van der Waals surface area contributed by atoms with Gasteiger partial charge >= 0.3 is 0 Å². The normalized spacial score (nSPS) is 19.8. The third-order valence-electron chi connectivity index (χ3n) is 5.62. The third-order valence-corrected chi connectivity index (χ3v) is 6.62. The molecule has 1 aromatic heterocycles. The van der Waals surface area contributed by atoms with Crippen molar-refractivity contribution in [1.29, 1.82) is 0 Å². The minimum Gasteiger partial charge on any atom is -0.349 e. The smallest absolute Gasteiger partial charge is 0.249 e. The molecule has 1 saturated carbocycles. The zero-order valence-electron chi connectivity index (χ0n) is 17.5. The van der Waals surface area contributed by atoms with Gasteiger partial charge in [-0.1, -0.05) is 54.2 Å². The van der Waals surface area contributed by atoms with Crippen molar-refractivity contribution in [2.24, 2.45) is 0 Å². The lowest BCUT2D eigenvalue weighted by Crippen LogP contribution is -2.49. The van der Waals surface area contributed by atoms with Crippen LogP contribution in [0.1, 0.15) is 55.0 Å². The number of carbonyl (C=O) groups excluding carboxylic acids is 2. The van der Waals surface area contributed by atoms with Crippen molar-refractivity contribution in [3.63, 3.8) is 0 Å². The zero-order valence-corrected chi connectivity index (χ0v) is 18.4. The van der Waals surface area contributed by atoms with Crippen LogP contribution in [0.25, 0.3) is 0 Å². The Kier molecular flexibility index (Phi) is 7.43. The summed E-state index contributed by atoms with van der Waals surface area (Å²) in [7, 11) is 0. The fraction of sp³-hybridized carbons (Fsp3) is 0.478. The molecule has 4 rings (SSSR count). The molecular weight excluding hydrogens is 410 g/mol. The summed E-state index contributed by atoms with van der Waals surface area (Å²) < 4.78 is 0. The highest BCUT2D eigenvalue weighted by molar-refractivity contribution is 7.15. The number of anilines is 1. The van der Waals surface area contributed by atoms with E-state index in [1.165, 1.54) is 23.0 Å². The standard InChI is InChI=1S/C23H29N5O2S/c29-20(26-23-28-27-22(31-23)17-10-11-17)14-13-18(12-9-16-6-2-1-3-7-16)25-21(30)19-8-4-5-15-24-19/h1-3,6-7,13-14,17-19,24H,4-5,8-12,15H2,(H,25,30)(H,26,28,29)/b14-13+/t18-,19?/m0/s1. The molecule has 1 unspecified atom stereocenters. The highest BCUT2D eigenvalue weighted by Crippen LogP contribution is 2.42. The first kappa shape index (κ1) is 21.6. The molecule has 3 N–H and O–H groups in total. The van der Waals surface area contributed by atoms with Crippen LogP contribution >= 0.6 is 11.3 Å². The van der Waals surface area contributed by atoms with Crippen LogP contribution in [0.3, 0.4) is 0 Å². The van der Waals surface area contributed by atoms with Crippen molar-refractivity contribution in [2.75, 3.05) is 11.9 Å². The third kappa shape index (κ3) is 6.70. The number of hydrogen-bond donors (Lipinski definition) is 3. The van der Waals surface area contributed by atoms with Crippen LogP contribution in [0.15, 0.2) is 42.5 Å². The minimum absolute atomic E-state index is 0.000943. The second-order valence-corrected chi connectivity index (χ2v) is 9.22. The predicted molar refractivity (Wildman–Crippen MR) is 122 cm³/mol. The van der Waals surface area contributed by atoms with Crippen LogP contribution in [0.4, 0.5) is 5.13 Å². The summed E-state index contributed by atoms with van der Waals surface area (Å²) in [5.41, 5.74) is 1.21. The Balaban J connectivity index is 1.35. The average Bonchev–Trinajstić information content (AvgIpc) is 3.56. The van der Waals surface area contributed by atoms with Gasteiger partial charge in [0.25, 0.3) is 0 Å². The summed E-state index contributed by atoms with van der Waals surface area (Å²) >= 11 is 1.44. The molecular formula is C23H29N5O2S. The SMILES string of the molecule is O=C(/C=C/[C@H](CCc1ccccc1)NC(=O)C1CCCCN1)Nc1nnc(C2CC2)s1. The van der Waals surface area contributed by atoms with Crippen molar-refractivity contribution in [3.8, 4) is 0 Å². The van der Waals surface area contributed by atoms with E-state index in [-0.39, 0.29) is 23.9 Å². The van der Waals surface area contributed by atoms with E-state index in [1.54, 1.807) is 6.08 Å². The van der Waals surface area contributed by atoms with E-state index < -0.39 is 0 Å². The number of rotatable bonds is 9. The Morgan fingerprint density at radius 1 is 1.16 bits per heavy atom. The molecule has 31 heavy (non-hydrogen) atoms. The number of nitrogens with one attached hydrogen (secondary N) is 3. The molecule has 2 amide bonds. The van der Waals surface area contributed by atoms with Crippen LogP contribution in [-0.4, -0.2) is 40.6 Å². The Morgan fingerprint density at radius 2 is 2.00 bits per heavy atom. The largest absolute Gasteiger partial charge is 0.349 e. The van der Waals surface area contributed by atoms with E-state index in [4.69, 9.17) is 0 Å². The van der Waals surface area contributed by atoms with Gasteiger partial charge in [-0.05, 0) is 50.6 Å². The number of piperidine rings is 1. The molecule has 2 aromatic rings. The maximum Gasteiger partial charge on any atom is 0.249 e. The summed E-state index contributed by atoms with van der Waals surface area (Å²) in [6, 6.07) is 9.78. The van der Waals surface area contributed by atoms with Gasteiger partial charge in [0.2, 0.25) is 16.9 Å². The number of benzene rings is 1. The molecule has 1 aliphatic heterocycles. The van der Waals surface area contributed by atoms with Crippen LogP contribution in [0, 0.1) is 0 Å². The number of aryl methyl sites for hydroxylation is 1. The lowest BCUT2D eigenvalue weighted by molar-refractivity contribution is -0.124. The van der Waals surface area contributed by atoms with Crippen molar-refractivity contribution < 1.29 is 9.59 Å². The van der Waals surface area contributed by atoms with Crippen molar-refractivity contribution in [2.45, 2.75) is 62.9 Å². The molecule has 0 radical (unpaired) electrons. The fourth-order valence-corrected chi connectivity index (χ4v) is 4.59. The molecule has 1 saturated heterocycles. The first-order valence-electron chi connectivity index (χ1n) is 11.1. The van der Waals surface area contributed by atoms with E-state index in [9.17, 15) is 9.59 Å². The molecule has 1 aromatic carbocycles. The average molecular weight is 440 g/mol. The molecule has 1 aliphatic carbocycles. The summed E-state index contributed by atoms with van der Waals surface area (Å²) in [6.07, 6.45) is 10.1. The number of amides is 2. The van der Waals surface area contributed by atoms with E-state index in [1.807, 2.05) is 18.2 Å². The number of nitrogens with zero attached hydrogens (tertiary/aromatic N) is 2. The molecule has 0 spiro atoms. The van der Waals surface area contributed by atoms with E-state index in [2.05, 4.69) is 38.3 Å². The van der Waals surface area contributed by atoms with E-state index >= 15 is 0 Å². The summed E-state index contributed by atoms with van der Waals surface area (Å²) in [5.74, 6) is 0.263. The Labute approximate surface area is 186 Å². The van der Waals surface area contributed by atoms with Gasteiger partial charge in [-0.3, -0.25) is 14.9 Å². The summed E-state index contributed by atoms with van der Waals surface area (Å²) in [5, 5.41) is 18.9. The Morgan fingerprint density at radius 3 is 2.74 bits per heavy atom. The first-order valence-corrected chi connectivity index (χ1v) is 11.9. The predicted octanol–water partition coefficient (Wildman–Crippen LogP) is 3.17. The molecule has 2 aliphatic rings. The second kappa shape index (κ2) is 10.6. The quantitative estimate of drug-likeness (QED) is 0.522. The molecule has 2 fully saturated rings. The van der Waals surface area contributed by atoms with Gasteiger partial charge in [-0.15, -0.1) is 10.2 Å². The van der Waals surface area contributed by atoms with Crippen LogP contribution in [0.5, 0.6) is 0 Å². The van der Waals surface area contributed by atoms with Gasteiger partial charge in [0, 0.05) is 18.0 Å². The van der Waals surface area contributed by atoms with Crippen molar-refractivity contribution in [3.05, 3.63) is 53.1 Å². The van der Waals surface area contributed by atoms with E-state index in [0.29, 0.717) is 11.0 Å². The molecule has 2 atom stereocenters. The van der Waals surface area contributed by atoms with Gasteiger partial charge in [0.05, 0.1) is 6.04 Å². The zero-order chi connectivity index (χ0) is 21.5. The van der Waals surface area contributed by atoms with Crippen molar-refractivity contribution >= 4 is 28.3 Å². The fourth-order valence-electron chi connectivity index (χ4n) is 3.67. The molecule has 164 valence electrons. The maximum absolute atomic E-state index is 12.7. The molecule has 7 nitrogen and oxygen atoms in total. The van der Waals surface area contributed by atoms with Crippen LogP contribution < -0.4 is 16.0 Å². The Bertz CT molecular complexity index is 904. The summed E-state index contributed by atoms with van der Waals surface area (Å²) in [6.45, 7) is 0.871. The first-order chi connectivity index (χ1) is 15.2. The lowest BCUT2D eigenvalue weighted by atomic mass is 10.0. The van der Waals surface area contributed by atoms with Crippen molar-refractivity contribution in [1.82, 2.24) is 20.8 Å². The number of aromatic nitrogens is 2. The van der Waals surface area contributed by atoms with E-state index in [0.717, 1.165) is 56.5 Å². The van der Waals surface area contributed by atoms with Crippen LogP contribution in [0.2, 0.25) is 0 Å². The monoisotopic (exact) mass is 439 g/mol.